The fraction of sp³-hybridized carbons (Fsp3) is 0.524. The van der Waals surface area contributed by atoms with Gasteiger partial charge in [0.25, 0.3) is 6.29 Å². The number of rotatable bonds is 11. The van der Waals surface area contributed by atoms with Gasteiger partial charge in [0.1, 0.15) is 0 Å². The molecule has 0 aliphatic heterocycles. The number of carbonyl (C=O) groups is 2. The predicted molar refractivity (Wildman–Crippen MR) is 99.9 cm³/mol. The lowest BCUT2D eigenvalue weighted by Crippen LogP contribution is -2.19. The van der Waals surface area contributed by atoms with Crippen molar-refractivity contribution in [1.29, 1.82) is 0 Å². The molecule has 0 unspecified atom stereocenters. The first-order valence-electron chi connectivity index (χ1n) is 9.13. The van der Waals surface area contributed by atoms with E-state index in [1.54, 1.807) is 12.2 Å². The molecular weight excluding hydrogens is 316 g/mol. The zero-order valence-corrected chi connectivity index (χ0v) is 15.6. The Bertz CT molecular complexity index is 530. The van der Waals surface area contributed by atoms with Crippen LogP contribution in [0.4, 0.5) is 0 Å². The maximum absolute atomic E-state index is 11.0. The molecule has 0 aliphatic carbocycles. The van der Waals surface area contributed by atoms with E-state index in [-0.39, 0.29) is 0 Å². The molecule has 0 amide bonds. The Hall–Kier alpha value is -2.10. The molecule has 0 spiro atoms. The number of unbranched alkanes of at least 4 members (excludes halogenated alkanes) is 5. The lowest BCUT2D eigenvalue weighted by Gasteiger charge is -2.12. The second-order valence-corrected chi connectivity index (χ2v) is 6.21. The highest BCUT2D eigenvalue weighted by Crippen LogP contribution is 2.12. The topological polar surface area (TPSA) is 52.6 Å². The summed E-state index contributed by atoms with van der Waals surface area (Å²) >= 11 is 0. The minimum Gasteiger partial charge on any atom is -0.421 e. The molecule has 0 bridgehead atoms. The highest BCUT2D eigenvalue weighted by molar-refractivity contribution is 5.68. The summed E-state index contributed by atoms with van der Waals surface area (Å²) in [4.78, 5) is 22.1. The van der Waals surface area contributed by atoms with Gasteiger partial charge in [-0.3, -0.25) is 9.59 Å². The molecule has 1 rings (SSSR count). The monoisotopic (exact) mass is 346 g/mol. The van der Waals surface area contributed by atoms with Crippen molar-refractivity contribution in [3.8, 4) is 0 Å². The Morgan fingerprint density at radius 2 is 1.48 bits per heavy atom. The summed E-state index contributed by atoms with van der Waals surface area (Å²) in [6, 6.07) is 8.25. The molecule has 0 atom stereocenters. The third-order valence-electron chi connectivity index (χ3n) is 3.81. The first-order chi connectivity index (χ1) is 12.0. The minimum absolute atomic E-state index is 0.495. The Morgan fingerprint density at radius 3 is 2.04 bits per heavy atom. The van der Waals surface area contributed by atoms with E-state index < -0.39 is 18.2 Å². The molecule has 0 aromatic heterocycles. The molecule has 0 radical (unpaired) electrons. The maximum atomic E-state index is 11.0. The maximum Gasteiger partial charge on any atom is 0.305 e. The van der Waals surface area contributed by atoms with Crippen molar-refractivity contribution < 1.29 is 19.1 Å². The van der Waals surface area contributed by atoms with Gasteiger partial charge in [0.2, 0.25) is 0 Å². The molecule has 0 fully saturated rings. The standard InChI is InChI=1S/C21H30O4/c1-4-5-6-7-8-9-10-19-11-13-20(14-12-19)15-16-21(24-17(2)22)25-18(3)23/h11-16,21H,4-10H2,1-3H3/b16-15+. The van der Waals surface area contributed by atoms with Gasteiger partial charge in [-0.2, -0.15) is 0 Å². The van der Waals surface area contributed by atoms with E-state index in [1.807, 2.05) is 12.1 Å². The summed E-state index contributed by atoms with van der Waals surface area (Å²) in [6.07, 6.45) is 11.2. The lowest BCUT2D eigenvalue weighted by molar-refractivity contribution is -0.176. The number of aryl methyl sites for hydroxylation is 1. The van der Waals surface area contributed by atoms with Crippen LogP contribution in [-0.2, 0) is 25.5 Å². The van der Waals surface area contributed by atoms with Crippen LogP contribution in [0.15, 0.2) is 30.3 Å². The number of hydrogen-bond acceptors (Lipinski definition) is 4. The molecule has 0 saturated carbocycles. The van der Waals surface area contributed by atoms with Crippen LogP contribution in [0.5, 0.6) is 0 Å². The highest BCUT2D eigenvalue weighted by atomic mass is 16.7. The van der Waals surface area contributed by atoms with E-state index in [0.717, 1.165) is 12.0 Å². The van der Waals surface area contributed by atoms with Crippen molar-refractivity contribution in [2.24, 2.45) is 0 Å². The van der Waals surface area contributed by atoms with Crippen LogP contribution in [0.1, 0.15) is 70.4 Å². The summed E-state index contributed by atoms with van der Waals surface area (Å²) < 4.78 is 9.86. The zero-order chi connectivity index (χ0) is 18.5. The quantitative estimate of drug-likeness (QED) is 0.319. The fourth-order valence-corrected chi connectivity index (χ4v) is 2.52. The molecule has 4 heteroatoms. The van der Waals surface area contributed by atoms with Crippen LogP contribution in [0.3, 0.4) is 0 Å². The number of benzene rings is 1. The Balaban J connectivity index is 2.45. The van der Waals surface area contributed by atoms with Crippen molar-refractivity contribution in [3.05, 3.63) is 41.5 Å². The minimum atomic E-state index is -0.988. The predicted octanol–water partition coefficient (Wildman–Crippen LogP) is 5.06. The molecule has 0 N–H and O–H groups in total. The smallest absolute Gasteiger partial charge is 0.305 e. The summed E-state index contributed by atoms with van der Waals surface area (Å²) in [5.74, 6) is -0.990. The van der Waals surface area contributed by atoms with E-state index in [0.29, 0.717) is 0 Å². The van der Waals surface area contributed by atoms with E-state index in [2.05, 4.69) is 19.1 Å². The van der Waals surface area contributed by atoms with Crippen LogP contribution in [0.25, 0.3) is 6.08 Å². The number of ether oxygens (including phenoxy) is 2. The molecule has 1 aromatic carbocycles. The average Bonchev–Trinajstić information content (AvgIpc) is 2.56. The molecule has 0 aliphatic rings. The summed E-state index contributed by atoms with van der Waals surface area (Å²) in [7, 11) is 0. The molecule has 0 saturated heterocycles. The Kier molecular flexibility index (Phi) is 10.3. The number of esters is 2. The molecule has 1 aromatic rings. The van der Waals surface area contributed by atoms with E-state index >= 15 is 0 Å². The van der Waals surface area contributed by atoms with E-state index in [1.165, 1.54) is 57.9 Å². The van der Waals surface area contributed by atoms with Crippen molar-refractivity contribution in [2.45, 2.75) is 72.0 Å². The summed E-state index contributed by atoms with van der Waals surface area (Å²) in [5.41, 5.74) is 2.29. The van der Waals surface area contributed by atoms with Crippen LogP contribution >= 0.6 is 0 Å². The molecular formula is C21H30O4. The molecule has 25 heavy (non-hydrogen) atoms. The number of hydrogen-bond donors (Lipinski definition) is 0. The van der Waals surface area contributed by atoms with Gasteiger partial charge in [-0.15, -0.1) is 0 Å². The van der Waals surface area contributed by atoms with Gasteiger partial charge in [-0.05, 0) is 30.0 Å². The first-order valence-corrected chi connectivity index (χ1v) is 9.13. The lowest BCUT2D eigenvalue weighted by atomic mass is 10.0. The van der Waals surface area contributed by atoms with Crippen LogP contribution in [0.2, 0.25) is 0 Å². The zero-order valence-electron chi connectivity index (χ0n) is 15.6. The van der Waals surface area contributed by atoms with Crippen LogP contribution in [-0.4, -0.2) is 18.2 Å². The second-order valence-electron chi connectivity index (χ2n) is 6.21. The van der Waals surface area contributed by atoms with E-state index in [4.69, 9.17) is 9.47 Å². The van der Waals surface area contributed by atoms with Gasteiger partial charge in [0, 0.05) is 13.8 Å². The Labute approximate surface area is 151 Å². The highest BCUT2D eigenvalue weighted by Gasteiger charge is 2.10. The molecule has 0 heterocycles. The third kappa shape index (κ3) is 10.4. The largest absolute Gasteiger partial charge is 0.421 e. The van der Waals surface area contributed by atoms with Crippen molar-refractivity contribution in [3.63, 3.8) is 0 Å². The van der Waals surface area contributed by atoms with Gasteiger partial charge in [-0.25, -0.2) is 0 Å². The van der Waals surface area contributed by atoms with Gasteiger partial charge < -0.3 is 9.47 Å². The van der Waals surface area contributed by atoms with Gasteiger partial charge >= 0.3 is 11.9 Å². The van der Waals surface area contributed by atoms with Crippen molar-refractivity contribution >= 4 is 18.0 Å². The van der Waals surface area contributed by atoms with Crippen LogP contribution in [0, 0.1) is 0 Å². The second kappa shape index (κ2) is 12.3. The first kappa shape index (κ1) is 20.9. The van der Waals surface area contributed by atoms with Crippen molar-refractivity contribution in [1.82, 2.24) is 0 Å². The summed E-state index contributed by atoms with van der Waals surface area (Å²) in [6.45, 7) is 4.79. The fourth-order valence-electron chi connectivity index (χ4n) is 2.52. The van der Waals surface area contributed by atoms with Crippen molar-refractivity contribution in [2.75, 3.05) is 0 Å². The molecule has 4 nitrogen and oxygen atoms in total. The Morgan fingerprint density at radius 1 is 0.920 bits per heavy atom. The van der Waals surface area contributed by atoms with Gasteiger partial charge in [0.05, 0.1) is 0 Å². The van der Waals surface area contributed by atoms with E-state index in [9.17, 15) is 9.59 Å². The third-order valence-corrected chi connectivity index (χ3v) is 3.81. The van der Waals surface area contributed by atoms with Gasteiger partial charge in [0.15, 0.2) is 0 Å². The van der Waals surface area contributed by atoms with Gasteiger partial charge in [-0.1, -0.05) is 69.4 Å². The average molecular weight is 346 g/mol. The molecule has 138 valence electrons. The SMILES string of the molecule is CCCCCCCCc1ccc(/C=C/C(OC(C)=O)OC(C)=O)cc1. The van der Waals surface area contributed by atoms with Crippen LogP contribution < -0.4 is 0 Å². The number of carbonyl (C=O) groups excluding carboxylic acids is 2. The normalized spacial score (nSPS) is 11.0. The summed E-state index contributed by atoms with van der Waals surface area (Å²) in [5, 5.41) is 0.